The Labute approximate surface area is 134 Å². The Bertz CT molecular complexity index is 582. The molecular formula is C17H23FNO2S-. The number of rotatable bonds is 1. The first-order valence-electron chi connectivity index (χ1n) is 6.99. The van der Waals surface area contributed by atoms with Crippen LogP contribution in [0.15, 0.2) is 47.4 Å². The third-order valence-electron chi connectivity index (χ3n) is 2.52. The van der Waals surface area contributed by atoms with Crippen molar-refractivity contribution in [2.24, 2.45) is 0 Å². The van der Waals surface area contributed by atoms with E-state index in [-0.39, 0.29) is 4.90 Å². The van der Waals surface area contributed by atoms with E-state index in [9.17, 15) is 13.2 Å². The Morgan fingerprint density at radius 3 is 2.00 bits per heavy atom. The normalized spacial score (nSPS) is 10.6. The van der Waals surface area contributed by atoms with Crippen LogP contribution < -0.4 is 5.73 Å². The maximum absolute atomic E-state index is 12.7. The lowest BCUT2D eigenvalue weighted by Gasteiger charge is -2.04. The minimum atomic E-state index is -2.34. The first-order chi connectivity index (χ1) is 10.3. The largest absolute Gasteiger partial charge is 0.768 e. The second kappa shape index (κ2) is 10.9. The summed E-state index contributed by atoms with van der Waals surface area (Å²) >= 11 is -2.34. The number of nitrogen functional groups attached to an aromatic ring is 1. The number of nitrogens with two attached hydrogens (primary N) is 1. The van der Waals surface area contributed by atoms with Crippen molar-refractivity contribution in [3.63, 3.8) is 0 Å². The molecule has 2 aromatic rings. The van der Waals surface area contributed by atoms with E-state index in [0.29, 0.717) is 5.56 Å². The zero-order chi connectivity index (χ0) is 17.1. The van der Waals surface area contributed by atoms with Gasteiger partial charge in [-0.25, -0.2) is 4.39 Å². The quantitative estimate of drug-likeness (QED) is 0.626. The number of hydrogen-bond acceptors (Lipinski definition) is 3. The van der Waals surface area contributed by atoms with Gasteiger partial charge in [0.25, 0.3) is 0 Å². The molecule has 3 nitrogen and oxygen atoms in total. The van der Waals surface area contributed by atoms with Crippen LogP contribution in [-0.4, -0.2) is 8.76 Å². The fraction of sp³-hybridized carbons (Fsp3) is 0.294. The molecule has 0 heterocycles. The number of halogens is 1. The van der Waals surface area contributed by atoms with Crippen LogP contribution in [0.4, 0.5) is 10.1 Å². The highest BCUT2D eigenvalue weighted by atomic mass is 32.2. The van der Waals surface area contributed by atoms with Crippen LogP contribution in [0.3, 0.4) is 0 Å². The molecule has 0 amide bonds. The number of aryl methyl sites for hydroxylation is 2. The van der Waals surface area contributed by atoms with E-state index in [1.54, 1.807) is 6.92 Å². The van der Waals surface area contributed by atoms with E-state index in [2.05, 4.69) is 13.8 Å². The first-order valence-corrected chi connectivity index (χ1v) is 8.07. The monoisotopic (exact) mass is 324 g/mol. The Hall–Kier alpha value is -1.72. The van der Waals surface area contributed by atoms with Gasteiger partial charge in [-0.15, -0.1) is 0 Å². The molecule has 0 aliphatic rings. The lowest BCUT2D eigenvalue weighted by atomic mass is 10.2. The minimum Gasteiger partial charge on any atom is -0.768 e. The van der Waals surface area contributed by atoms with Gasteiger partial charge in [0.15, 0.2) is 0 Å². The number of benzene rings is 2. The van der Waals surface area contributed by atoms with Gasteiger partial charge < -0.3 is 10.3 Å². The van der Waals surface area contributed by atoms with E-state index in [0.717, 1.165) is 17.3 Å². The predicted octanol–water partition coefficient (Wildman–Crippen LogP) is 4.37. The zero-order valence-electron chi connectivity index (χ0n) is 13.4. The summed E-state index contributed by atoms with van der Waals surface area (Å²) in [6.07, 6.45) is 1.25. The van der Waals surface area contributed by atoms with Gasteiger partial charge >= 0.3 is 0 Å². The number of para-hydroxylation sites is 1. The van der Waals surface area contributed by atoms with Crippen LogP contribution in [0.25, 0.3) is 0 Å². The molecule has 5 heteroatoms. The fourth-order valence-electron chi connectivity index (χ4n) is 1.26. The maximum Gasteiger partial charge on any atom is 0.127 e. The molecule has 0 bridgehead atoms. The van der Waals surface area contributed by atoms with Crippen LogP contribution in [0.2, 0.25) is 0 Å². The third kappa shape index (κ3) is 7.90. The molecule has 0 saturated heterocycles. The summed E-state index contributed by atoms with van der Waals surface area (Å²) < 4.78 is 33.3. The van der Waals surface area contributed by atoms with Gasteiger partial charge in [-0.2, -0.15) is 0 Å². The average Bonchev–Trinajstić information content (AvgIpc) is 2.46. The van der Waals surface area contributed by atoms with Crippen LogP contribution in [0, 0.1) is 19.7 Å². The molecule has 2 rings (SSSR count). The van der Waals surface area contributed by atoms with Gasteiger partial charge in [0.05, 0.1) is 0 Å². The van der Waals surface area contributed by atoms with Crippen molar-refractivity contribution in [2.75, 3.05) is 5.73 Å². The van der Waals surface area contributed by atoms with E-state index < -0.39 is 16.9 Å². The van der Waals surface area contributed by atoms with E-state index in [1.807, 2.05) is 31.2 Å². The second-order valence-electron chi connectivity index (χ2n) is 4.71. The minimum absolute atomic E-state index is 0.0203. The van der Waals surface area contributed by atoms with E-state index in [4.69, 9.17) is 5.73 Å². The van der Waals surface area contributed by atoms with Gasteiger partial charge in [-0.1, -0.05) is 44.5 Å². The Kier molecular flexibility index (Phi) is 10.1. The van der Waals surface area contributed by atoms with Crippen molar-refractivity contribution >= 4 is 16.8 Å². The summed E-state index contributed by atoms with van der Waals surface area (Å²) in [5, 5.41) is 0. The first kappa shape index (κ1) is 20.3. The highest BCUT2D eigenvalue weighted by Gasteiger charge is 1.98. The molecule has 0 saturated carbocycles. The predicted molar refractivity (Wildman–Crippen MR) is 89.9 cm³/mol. The lowest BCUT2D eigenvalue weighted by Crippen LogP contribution is -1.91. The van der Waals surface area contributed by atoms with Gasteiger partial charge in [-0.05, 0) is 54.3 Å². The molecule has 0 spiro atoms. The summed E-state index contributed by atoms with van der Waals surface area (Å²) in [5.41, 5.74) is 7.98. The molecule has 0 radical (unpaired) electrons. The molecule has 2 N–H and O–H groups in total. The van der Waals surface area contributed by atoms with Crippen molar-refractivity contribution in [3.8, 4) is 0 Å². The van der Waals surface area contributed by atoms with E-state index >= 15 is 0 Å². The summed E-state index contributed by atoms with van der Waals surface area (Å²) in [5.74, 6) is -0.494. The van der Waals surface area contributed by atoms with Crippen LogP contribution >= 0.6 is 0 Å². The topological polar surface area (TPSA) is 66.1 Å². The molecule has 1 unspecified atom stereocenters. The number of anilines is 1. The van der Waals surface area contributed by atoms with Crippen LogP contribution in [0.1, 0.15) is 31.4 Å². The number of hydrogen-bond donors (Lipinski definition) is 1. The smallest absolute Gasteiger partial charge is 0.127 e. The van der Waals surface area contributed by atoms with E-state index in [1.165, 1.54) is 18.6 Å². The Morgan fingerprint density at radius 2 is 1.64 bits per heavy atom. The van der Waals surface area contributed by atoms with Gasteiger partial charge in [-0.3, -0.25) is 4.21 Å². The molecule has 22 heavy (non-hydrogen) atoms. The second-order valence-corrected chi connectivity index (χ2v) is 5.65. The van der Waals surface area contributed by atoms with Crippen molar-refractivity contribution < 1.29 is 13.2 Å². The summed E-state index contributed by atoms with van der Waals surface area (Å²) in [6.45, 7) is 7.82. The highest BCUT2D eigenvalue weighted by Crippen LogP contribution is 2.11. The third-order valence-corrected chi connectivity index (χ3v) is 3.16. The standard InChI is InChI=1S/C7H7FO2S.C7H9N.C3H8/c1-5-2-3-6(11(9)10)4-7(5)8;1-6-4-2-3-5-7(6)8;1-3-2/h2-4H,1H3,(H,9,10);2-5H,8H2,1H3;3H2,1-2H3/p-1. The van der Waals surface area contributed by atoms with Gasteiger partial charge in [0.2, 0.25) is 0 Å². The lowest BCUT2D eigenvalue weighted by molar-refractivity contribution is 0.535. The average molecular weight is 324 g/mol. The maximum atomic E-state index is 12.7. The molecule has 0 aliphatic heterocycles. The summed E-state index contributed by atoms with van der Waals surface area (Å²) in [7, 11) is 0. The molecule has 0 aromatic heterocycles. The molecular weight excluding hydrogens is 301 g/mol. The van der Waals surface area contributed by atoms with Crippen molar-refractivity contribution in [3.05, 3.63) is 59.4 Å². The summed E-state index contributed by atoms with van der Waals surface area (Å²) in [4.78, 5) is -0.0203. The van der Waals surface area contributed by atoms with Gasteiger partial charge in [0.1, 0.15) is 5.82 Å². The molecule has 0 aliphatic carbocycles. The fourth-order valence-corrected chi connectivity index (χ4v) is 1.64. The van der Waals surface area contributed by atoms with Crippen LogP contribution in [-0.2, 0) is 11.1 Å². The molecule has 1 atom stereocenters. The molecule has 2 aromatic carbocycles. The molecule has 122 valence electrons. The zero-order valence-corrected chi connectivity index (χ0v) is 14.2. The van der Waals surface area contributed by atoms with Gasteiger partial charge in [0, 0.05) is 10.6 Å². The van der Waals surface area contributed by atoms with Crippen molar-refractivity contribution in [2.45, 2.75) is 39.0 Å². The highest BCUT2D eigenvalue weighted by molar-refractivity contribution is 7.79. The van der Waals surface area contributed by atoms with Crippen molar-refractivity contribution in [1.29, 1.82) is 0 Å². The molecule has 0 fully saturated rings. The SMILES string of the molecule is CCC.Cc1ccc(S(=O)[O-])cc1F.Cc1ccccc1N. The Balaban J connectivity index is 0.000000352. The van der Waals surface area contributed by atoms with Crippen molar-refractivity contribution in [1.82, 2.24) is 0 Å². The Morgan fingerprint density at radius 1 is 1.09 bits per heavy atom. The summed E-state index contributed by atoms with van der Waals surface area (Å²) in [6, 6.07) is 11.6. The van der Waals surface area contributed by atoms with Crippen LogP contribution in [0.5, 0.6) is 0 Å².